The Morgan fingerprint density at radius 1 is 1.21 bits per heavy atom. The van der Waals surface area contributed by atoms with Gasteiger partial charge in [-0.2, -0.15) is 0 Å². The smallest absolute Gasteiger partial charge is 0.242 e. The molecule has 3 heterocycles. The van der Waals surface area contributed by atoms with Crippen molar-refractivity contribution in [1.29, 1.82) is 0 Å². The van der Waals surface area contributed by atoms with Crippen LogP contribution in [0.4, 0.5) is 0 Å². The van der Waals surface area contributed by atoms with Crippen LogP contribution < -0.4 is 5.32 Å². The molecule has 0 aliphatic carbocycles. The zero-order chi connectivity index (χ0) is 13.2. The number of rotatable bonds is 3. The molecule has 19 heavy (non-hydrogen) atoms. The molecule has 0 atom stereocenters. The van der Waals surface area contributed by atoms with Crippen molar-refractivity contribution >= 4 is 11.8 Å². The average molecular weight is 266 g/mol. The SMILES string of the molecule is O=C1CCCN1CC(=O)N1CC(N2CCNCC2)C1. The van der Waals surface area contributed by atoms with Gasteiger partial charge in [-0.1, -0.05) is 0 Å². The zero-order valence-corrected chi connectivity index (χ0v) is 11.3. The highest BCUT2D eigenvalue weighted by Crippen LogP contribution is 2.17. The summed E-state index contributed by atoms with van der Waals surface area (Å²) in [7, 11) is 0. The lowest BCUT2D eigenvalue weighted by atomic mass is 10.1. The number of piperazine rings is 1. The van der Waals surface area contributed by atoms with Gasteiger partial charge in [0.25, 0.3) is 0 Å². The average Bonchev–Trinajstić information content (AvgIpc) is 2.74. The number of nitrogens with zero attached hydrogens (tertiary/aromatic N) is 3. The predicted molar refractivity (Wildman–Crippen MR) is 70.6 cm³/mol. The van der Waals surface area contributed by atoms with E-state index in [0.717, 1.165) is 52.2 Å². The molecular formula is C13H22N4O2. The Labute approximate surface area is 113 Å². The second-order valence-electron chi connectivity index (χ2n) is 5.66. The van der Waals surface area contributed by atoms with Crippen molar-refractivity contribution in [3.05, 3.63) is 0 Å². The van der Waals surface area contributed by atoms with E-state index in [2.05, 4.69) is 10.2 Å². The number of carbonyl (C=O) groups excluding carboxylic acids is 2. The minimum atomic E-state index is 0.113. The van der Waals surface area contributed by atoms with E-state index in [1.807, 2.05) is 4.90 Å². The summed E-state index contributed by atoms with van der Waals surface area (Å²) < 4.78 is 0. The van der Waals surface area contributed by atoms with Gasteiger partial charge < -0.3 is 15.1 Å². The van der Waals surface area contributed by atoms with Gasteiger partial charge in [0.1, 0.15) is 0 Å². The van der Waals surface area contributed by atoms with Crippen LogP contribution in [0.3, 0.4) is 0 Å². The largest absolute Gasteiger partial charge is 0.338 e. The van der Waals surface area contributed by atoms with Crippen LogP contribution in [0.15, 0.2) is 0 Å². The summed E-state index contributed by atoms with van der Waals surface area (Å²) in [5.41, 5.74) is 0. The van der Waals surface area contributed by atoms with Crippen LogP contribution in [0.1, 0.15) is 12.8 Å². The van der Waals surface area contributed by atoms with Gasteiger partial charge in [-0.05, 0) is 6.42 Å². The third-order valence-electron chi connectivity index (χ3n) is 4.38. The molecule has 1 N–H and O–H groups in total. The van der Waals surface area contributed by atoms with Crippen molar-refractivity contribution < 1.29 is 9.59 Å². The standard InChI is InChI=1S/C13H22N4O2/c18-12-2-1-5-16(12)10-13(19)17-8-11(9-17)15-6-3-14-4-7-15/h11,14H,1-10H2. The maximum absolute atomic E-state index is 12.1. The molecule has 0 spiro atoms. The summed E-state index contributed by atoms with van der Waals surface area (Å²) in [6, 6.07) is 0.528. The quantitative estimate of drug-likeness (QED) is 0.692. The lowest BCUT2D eigenvalue weighted by molar-refractivity contribution is -0.143. The van der Waals surface area contributed by atoms with E-state index in [-0.39, 0.29) is 18.4 Å². The van der Waals surface area contributed by atoms with E-state index in [0.29, 0.717) is 12.5 Å². The highest BCUT2D eigenvalue weighted by atomic mass is 16.2. The molecule has 3 rings (SSSR count). The van der Waals surface area contributed by atoms with E-state index in [1.165, 1.54) is 0 Å². The number of carbonyl (C=O) groups is 2. The first-order valence-corrected chi connectivity index (χ1v) is 7.24. The molecule has 0 saturated carbocycles. The molecule has 0 aromatic heterocycles. The first-order chi connectivity index (χ1) is 9.24. The van der Waals surface area contributed by atoms with Crippen molar-refractivity contribution in [2.75, 3.05) is 52.4 Å². The first kappa shape index (κ1) is 12.9. The van der Waals surface area contributed by atoms with Crippen molar-refractivity contribution in [2.45, 2.75) is 18.9 Å². The number of likely N-dealkylation sites (tertiary alicyclic amines) is 2. The van der Waals surface area contributed by atoms with Gasteiger partial charge in [-0.15, -0.1) is 0 Å². The Kier molecular flexibility index (Phi) is 3.70. The maximum Gasteiger partial charge on any atom is 0.242 e. The fourth-order valence-corrected chi connectivity index (χ4v) is 3.07. The molecular weight excluding hydrogens is 244 g/mol. The molecule has 3 aliphatic heterocycles. The van der Waals surface area contributed by atoms with Crippen LogP contribution in [0.25, 0.3) is 0 Å². The fourth-order valence-electron chi connectivity index (χ4n) is 3.07. The van der Waals surface area contributed by atoms with Crippen LogP contribution in [-0.2, 0) is 9.59 Å². The summed E-state index contributed by atoms with van der Waals surface area (Å²) in [5, 5.41) is 3.34. The molecule has 0 unspecified atom stereocenters. The second-order valence-corrected chi connectivity index (χ2v) is 5.66. The third-order valence-corrected chi connectivity index (χ3v) is 4.38. The monoisotopic (exact) mass is 266 g/mol. The van der Waals surface area contributed by atoms with E-state index in [9.17, 15) is 9.59 Å². The van der Waals surface area contributed by atoms with Crippen molar-refractivity contribution in [3.8, 4) is 0 Å². The molecule has 2 amide bonds. The minimum absolute atomic E-state index is 0.113. The molecule has 3 aliphatic rings. The van der Waals surface area contributed by atoms with Crippen molar-refractivity contribution in [2.24, 2.45) is 0 Å². The number of hydrogen-bond acceptors (Lipinski definition) is 4. The lowest BCUT2D eigenvalue weighted by Crippen LogP contribution is -2.64. The summed E-state index contributed by atoms with van der Waals surface area (Å²) >= 11 is 0. The molecule has 0 aromatic carbocycles. The summed E-state index contributed by atoms with van der Waals surface area (Å²) in [6.45, 7) is 6.96. The first-order valence-electron chi connectivity index (χ1n) is 7.24. The Bertz CT molecular complexity index is 362. The third kappa shape index (κ3) is 2.74. The highest BCUT2D eigenvalue weighted by Gasteiger charge is 2.36. The zero-order valence-electron chi connectivity index (χ0n) is 11.3. The van der Waals surface area contributed by atoms with Crippen molar-refractivity contribution in [1.82, 2.24) is 20.0 Å². The van der Waals surface area contributed by atoms with Crippen LogP contribution in [0.2, 0.25) is 0 Å². The van der Waals surface area contributed by atoms with E-state index in [1.54, 1.807) is 4.90 Å². The number of amides is 2. The number of hydrogen-bond donors (Lipinski definition) is 1. The molecule has 3 fully saturated rings. The van der Waals surface area contributed by atoms with E-state index in [4.69, 9.17) is 0 Å². The molecule has 0 bridgehead atoms. The molecule has 0 radical (unpaired) electrons. The molecule has 3 saturated heterocycles. The van der Waals surface area contributed by atoms with Crippen LogP contribution in [0.5, 0.6) is 0 Å². The molecule has 6 heteroatoms. The molecule has 106 valence electrons. The maximum atomic E-state index is 12.1. The Balaban J connectivity index is 1.42. The van der Waals surface area contributed by atoms with E-state index >= 15 is 0 Å². The summed E-state index contributed by atoms with van der Waals surface area (Å²) in [6.07, 6.45) is 1.51. The molecule has 0 aromatic rings. The van der Waals surface area contributed by atoms with Crippen molar-refractivity contribution in [3.63, 3.8) is 0 Å². The fraction of sp³-hybridized carbons (Fsp3) is 0.846. The van der Waals surface area contributed by atoms with Gasteiger partial charge in [-0.25, -0.2) is 0 Å². The lowest BCUT2D eigenvalue weighted by Gasteiger charge is -2.47. The van der Waals surface area contributed by atoms with Crippen LogP contribution >= 0.6 is 0 Å². The highest BCUT2D eigenvalue weighted by molar-refractivity contribution is 5.86. The van der Waals surface area contributed by atoms with Gasteiger partial charge in [0.05, 0.1) is 6.54 Å². The van der Waals surface area contributed by atoms with Gasteiger partial charge in [0.15, 0.2) is 0 Å². The second kappa shape index (κ2) is 5.46. The predicted octanol–water partition coefficient (Wildman–Crippen LogP) is -1.28. The summed E-state index contributed by atoms with van der Waals surface area (Å²) in [4.78, 5) is 29.6. The van der Waals surface area contributed by atoms with Gasteiger partial charge >= 0.3 is 0 Å². The normalized spacial score (nSPS) is 25.8. The van der Waals surface area contributed by atoms with Gasteiger partial charge in [-0.3, -0.25) is 14.5 Å². The Morgan fingerprint density at radius 2 is 1.95 bits per heavy atom. The van der Waals surface area contributed by atoms with Gasteiger partial charge in [0, 0.05) is 58.3 Å². The van der Waals surface area contributed by atoms with Crippen LogP contribution in [0, 0.1) is 0 Å². The summed E-state index contributed by atoms with van der Waals surface area (Å²) in [5.74, 6) is 0.245. The minimum Gasteiger partial charge on any atom is -0.338 e. The molecule has 6 nitrogen and oxygen atoms in total. The topological polar surface area (TPSA) is 55.9 Å². The Morgan fingerprint density at radius 3 is 2.58 bits per heavy atom. The van der Waals surface area contributed by atoms with Gasteiger partial charge in [0.2, 0.25) is 11.8 Å². The Hall–Kier alpha value is -1.14. The number of nitrogens with one attached hydrogen (secondary N) is 1. The van der Waals surface area contributed by atoms with Crippen LogP contribution in [-0.4, -0.2) is 84.9 Å². The van der Waals surface area contributed by atoms with E-state index < -0.39 is 0 Å².